The minimum Gasteiger partial charge on any atom is -0.394 e. The molecule has 0 aromatic carbocycles. The largest absolute Gasteiger partial charge is 0.394 e. The lowest BCUT2D eigenvalue weighted by molar-refractivity contribution is 0.926. The standard InChI is InChI=1S/C9H15N.C3H8/c1-3-8-5-4-6-9(8)7-10-2;1-3-2/h3,7,10H,4-6H2,1-2H3;3H2,1-2H3/b8-3-,9-7-;. The monoisotopic (exact) mass is 181 g/mol. The predicted molar refractivity (Wildman–Crippen MR) is 60.7 cm³/mol. The third kappa shape index (κ3) is 4.76. The van der Waals surface area contributed by atoms with E-state index in [4.69, 9.17) is 0 Å². The van der Waals surface area contributed by atoms with Gasteiger partial charge in [-0.2, -0.15) is 0 Å². The van der Waals surface area contributed by atoms with E-state index in [0.717, 1.165) is 0 Å². The van der Waals surface area contributed by atoms with Gasteiger partial charge in [-0.3, -0.25) is 0 Å². The molecular weight excluding hydrogens is 158 g/mol. The summed E-state index contributed by atoms with van der Waals surface area (Å²) in [4.78, 5) is 0. The van der Waals surface area contributed by atoms with Crippen LogP contribution < -0.4 is 5.32 Å². The molecule has 0 amide bonds. The molecule has 0 saturated heterocycles. The van der Waals surface area contributed by atoms with Crippen LogP contribution in [0.1, 0.15) is 46.5 Å². The Morgan fingerprint density at radius 3 is 2.23 bits per heavy atom. The van der Waals surface area contributed by atoms with Crippen LogP contribution in [-0.2, 0) is 0 Å². The maximum atomic E-state index is 3.07. The Labute approximate surface area is 82.9 Å². The summed E-state index contributed by atoms with van der Waals surface area (Å²) in [7, 11) is 1.96. The van der Waals surface area contributed by atoms with E-state index in [-0.39, 0.29) is 0 Å². The second-order valence-electron chi connectivity index (χ2n) is 3.33. The molecule has 1 rings (SSSR count). The van der Waals surface area contributed by atoms with E-state index in [9.17, 15) is 0 Å². The predicted octanol–water partition coefficient (Wildman–Crippen LogP) is 3.64. The van der Waals surface area contributed by atoms with Gasteiger partial charge in [0.15, 0.2) is 0 Å². The fraction of sp³-hybridized carbons (Fsp3) is 0.667. The molecule has 0 unspecified atom stereocenters. The van der Waals surface area contributed by atoms with Crippen molar-refractivity contribution in [1.29, 1.82) is 0 Å². The summed E-state index contributed by atoms with van der Waals surface area (Å²) in [5.41, 5.74) is 3.01. The van der Waals surface area contributed by atoms with Crippen LogP contribution in [0.3, 0.4) is 0 Å². The molecule has 0 bridgehead atoms. The van der Waals surface area contributed by atoms with Crippen LogP contribution in [0.2, 0.25) is 0 Å². The molecule has 1 aliphatic carbocycles. The van der Waals surface area contributed by atoms with Gasteiger partial charge in [0, 0.05) is 7.05 Å². The zero-order chi connectivity index (χ0) is 10.1. The lowest BCUT2D eigenvalue weighted by atomic mass is 10.1. The van der Waals surface area contributed by atoms with Crippen LogP contribution >= 0.6 is 0 Å². The molecule has 0 spiro atoms. The lowest BCUT2D eigenvalue weighted by Crippen LogP contribution is -1.94. The van der Waals surface area contributed by atoms with Crippen LogP contribution in [0.5, 0.6) is 0 Å². The summed E-state index contributed by atoms with van der Waals surface area (Å²) < 4.78 is 0. The quantitative estimate of drug-likeness (QED) is 0.651. The van der Waals surface area contributed by atoms with Crippen molar-refractivity contribution in [3.63, 3.8) is 0 Å². The van der Waals surface area contributed by atoms with Crippen LogP contribution in [0.15, 0.2) is 23.4 Å². The van der Waals surface area contributed by atoms with E-state index in [1.165, 1.54) is 36.8 Å². The average molecular weight is 181 g/mol. The first kappa shape index (κ1) is 12.3. The highest BCUT2D eigenvalue weighted by Crippen LogP contribution is 2.29. The van der Waals surface area contributed by atoms with Crippen molar-refractivity contribution in [2.75, 3.05) is 7.05 Å². The number of nitrogens with one attached hydrogen (secondary N) is 1. The molecule has 0 radical (unpaired) electrons. The van der Waals surface area contributed by atoms with Crippen molar-refractivity contribution >= 4 is 0 Å². The average Bonchev–Trinajstić information content (AvgIpc) is 2.54. The molecule has 1 heteroatoms. The third-order valence-corrected chi connectivity index (χ3v) is 1.97. The summed E-state index contributed by atoms with van der Waals surface area (Å²) >= 11 is 0. The van der Waals surface area contributed by atoms with Crippen LogP contribution in [0, 0.1) is 0 Å². The van der Waals surface area contributed by atoms with Gasteiger partial charge in [0.1, 0.15) is 0 Å². The number of hydrogen-bond acceptors (Lipinski definition) is 1. The topological polar surface area (TPSA) is 12.0 Å². The fourth-order valence-electron chi connectivity index (χ4n) is 1.46. The van der Waals surface area contributed by atoms with Crippen LogP contribution in [0.4, 0.5) is 0 Å². The third-order valence-electron chi connectivity index (χ3n) is 1.97. The first-order valence-corrected chi connectivity index (χ1v) is 5.31. The zero-order valence-electron chi connectivity index (χ0n) is 9.48. The van der Waals surface area contributed by atoms with Crippen LogP contribution in [-0.4, -0.2) is 7.05 Å². The molecule has 0 aromatic rings. The molecule has 1 N–H and O–H groups in total. The van der Waals surface area contributed by atoms with E-state index in [0.29, 0.717) is 0 Å². The Bertz CT molecular complexity index is 178. The minimum atomic E-state index is 1.25. The van der Waals surface area contributed by atoms with E-state index in [1.807, 2.05) is 7.05 Å². The van der Waals surface area contributed by atoms with E-state index >= 15 is 0 Å². The van der Waals surface area contributed by atoms with E-state index in [2.05, 4.69) is 38.4 Å². The molecule has 0 heterocycles. The Balaban J connectivity index is 0.000000424. The minimum absolute atomic E-state index is 1.25. The second kappa shape index (κ2) is 7.90. The molecule has 1 fully saturated rings. The van der Waals surface area contributed by atoms with Gasteiger partial charge < -0.3 is 5.32 Å². The molecule has 0 atom stereocenters. The second-order valence-corrected chi connectivity index (χ2v) is 3.33. The molecule has 0 aliphatic heterocycles. The molecular formula is C12H23N. The van der Waals surface area contributed by atoms with Gasteiger partial charge in [-0.05, 0) is 43.5 Å². The highest BCUT2D eigenvalue weighted by Gasteiger charge is 2.10. The summed E-state index contributed by atoms with van der Waals surface area (Å²) in [6.07, 6.45) is 9.43. The number of hydrogen-bond donors (Lipinski definition) is 1. The van der Waals surface area contributed by atoms with Gasteiger partial charge in [-0.15, -0.1) is 0 Å². The van der Waals surface area contributed by atoms with Gasteiger partial charge >= 0.3 is 0 Å². The summed E-state index contributed by atoms with van der Waals surface area (Å²) in [6, 6.07) is 0. The Kier molecular flexibility index (Phi) is 7.47. The maximum Gasteiger partial charge on any atom is 0.00278 e. The van der Waals surface area contributed by atoms with Gasteiger partial charge in [-0.25, -0.2) is 0 Å². The van der Waals surface area contributed by atoms with Crippen molar-refractivity contribution < 1.29 is 0 Å². The highest BCUT2D eigenvalue weighted by molar-refractivity contribution is 5.33. The first-order valence-electron chi connectivity index (χ1n) is 5.31. The lowest BCUT2D eigenvalue weighted by Gasteiger charge is -1.97. The van der Waals surface area contributed by atoms with Gasteiger partial charge in [0.25, 0.3) is 0 Å². The Morgan fingerprint density at radius 2 is 1.77 bits per heavy atom. The molecule has 0 aromatic heterocycles. The van der Waals surface area contributed by atoms with Gasteiger partial charge in [0.05, 0.1) is 0 Å². The highest BCUT2D eigenvalue weighted by atomic mass is 14.8. The van der Waals surface area contributed by atoms with Crippen molar-refractivity contribution in [2.24, 2.45) is 0 Å². The smallest absolute Gasteiger partial charge is 0.00278 e. The van der Waals surface area contributed by atoms with Crippen molar-refractivity contribution in [3.8, 4) is 0 Å². The molecule has 1 aliphatic rings. The van der Waals surface area contributed by atoms with E-state index in [1.54, 1.807) is 0 Å². The number of allylic oxidation sites excluding steroid dienone is 3. The molecule has 13 heavy (non-hydrogen) atoms. The first-order chi connectivity index (χ1) is 6.29. The zero-order valence-corrected chi connectivity index (χ0v) is 9.48. The fourth-order valence-corrected chi connectivity index (χ4v) is 1.46. The summed E-state index contributed by atoms with van der Waals surface area (Å²) in [5.74, 6) is 0. The number of rotatable bonds is 1. The van der Waals surface area contributed by atoms with Crippen LogP contribution in [0.25, 0.3) is 0 Å². The van der Waals surface area contributed by atoms with Gasteiger partial charge in [-0.1, -0.05) is 26.3 Å². The Hall–Kier alpha value is -0.720. The molecule has 1 saturated carbocycles. The van der Waals surface area contributed by atoms with E-state index < -0.39 is 0 Å². The summed E-state index contributed by atoms with van der Waals surface area (Å²) in [6.45, 7) is 6.37. The Morgan fingerprint density at radius 1 is 1.23 bits per heavy atom. The van der Waals surface area contributed by atoms with Crippen molar-refractivity contribution in [2.45, 2.75) is 46.5 Å². The SMILES string of the molecule is C/C=C1/CCC/C1=C/NC.CCC. The van der Waals surface area contributed by atoms with Crippen molar-refractivity contribution in [3.05, 3.63) is 23.4 Å². The normalized spacial score (nSPS) is 21.5. The molecule has 76 valence electrons. The summed E-state index contributed by atoms with van der Waals surface area (Å²) in [5, 5.41) is 3.07. The molecule has 1 nitrogen and oxygen atoms in total. The van der Waals surface area contributed by atoms with Gasteiger partial charge in [0.2, 0.25) is 0 Å². The van der Waals surface area contributed by atoms with Crippen molar-refractivity contribution in [1.82, 2.24) is 5.32 Å². The maximum absolute atomic E-state index is 3.07.